The van der Waals surface area contributed by atoms with Crippen LogP contribution in [0.15, 0.2) is 17.0 Å². The highest BCUT2D eigenvalue weighted by molar-refractivity contribution is 7.91. The van der Waals surface area contributed by atoms with Crippen molar-refractivity contribution < 1.29 is 17.7 Å². The van der Waals surface area contributed by atoms with Crippen LogP contribution in [0.5, 0.6) is 0 Å². The Hall–Kier alpha value is -0.300. The van der Waals surface area contributed by atoms with E-state index in [2.05, 4.69) is 0 Å². The highest BCUT2D eigenvalue weighted by Crippen LogP contribution is 2.32. The Labute approximate surface area is 103 Å². The molecule has 0 bridgehead atoms. The normalized spacial score (nSPS) is 13.9. The smallest absolute Gasteiger partial charge is 0.433 e. The summed E-state index contributed by atoms with van der Waals surface area (Å²) in [4.78, 5) is -0.166. The molecule has 0 heterocycles. The minimum atomic E-state index is -4.53. The molecule has 16 heavy (non-hydrogen) atoms. The predicted octanol–water partition coefficient (Wildman–Crippen LogP) is 3.25. The molecule has 8 heteroatoms. The van der Waals surface area contributed by atoms with Gasteiger partial charge in [-0.3, -0.25) is 0 Å². The summed E-state index contributed by atoms with van der Waals surface area (Å²) >= 11 is 8.94. The third kappa shape index (κ3) is 3.62. The number of alkyl halides is 3. The molecular weight excluding hydrogens is 286 g/mol. The Morgan fingerprint density at radius 3 is 2.31 bits per heavy atom. The highest BCUT2D eigenvalue weighted by atomic mass is 35.5. The van der Waals surface area contributed by atoms with Crippen LogP contribution < -0.4 is 5.73 Å². The first kappa shape index (κ1) is 13.8. The van der Waals surface area contributed by atoms with Gasteiger partial charge < -0.3 is 10.3 Å². The second-order valence-electron chi connectivity index (χ2n) is 2.91. The van der Waals surface area contributed by atoms with Gasteiger partial charge in [0.2, 0.25) is 5.75 Å². The number of nitrogen functional groups attached to an aromatic ring is 1. The largest absolute Gasteiger partial charge is 0.611 e. The molecule has 2 nitrogen and oxygen atoms in total. The quantitative estimate of drug-likeness (QED) is 0.672. The summed E-state index contributed by atoms with van der Waals surface area (Å²) in [6, 6.07) is 2.26. The van der Waals surface area contributed by atoms with Crippen LogP contribution >= 0.6 is 23.2 Å². The van der Waals surface area contributed by atoms with E-state index in [9.17, 15) is 17.7 Å². The first-order valence-electron chi connectivity index (χ1n) is 3.90. The van der Waals surface area contributed by atoms with Crippen molar-refractivity contribution in [1.82, 2.24) is 0 Å². The molecule has 0 aliphatic heterocycles. The van der Waals surface area contributed by atoms with Gasteiger partial charge in [0.1, 0.15) is 0 Å². The Kier molecular flexibility index (Phi) is 4.23. The van der Waals surface area contributed by atoms with Gasteiger partial charge in [-0.15, -0.1) is 0 Å². The van der Waals surface area contributed by atoms with E-state index in [4.69, 9.17) is 28.9 Å². The summed E-state index contributed by atoms with van der Waals surface area (Å²) in [7, 11) is 0. The maximum Gasteiger partial charge on any atom is 0.433 e. The fourth-order valence-corrected chi connectivity index (χ4v) is 2.57. The molecule has 1 aromatic carbocycles. The molecular formula is C8H6Cl2F3NOS. The Bertz CT molecular complexity index is 400. The van der Waals surface area contributed by atoms with E-state index in [-0.39, 0.29) is 20.6 Å². The lowest BCUT2D eigenvalue weighted by Gasteiger charge is -2.14. The molecule has 0 aliphatic carbocycles. The minimum absolute atomic E-state index is 0.0385. The van der Waals surface area contributed by atoms with Gasteiger partial charge in [-0.2, -0.15) is 13.2 Å². The molecule has 0 saturated carbocycles. The van der Waals surface area contributed by atoms with Gasteiger partial charge in [0.05, 0.1) is 15.7 Å². The average Bonchev–Trinajstić information content (AvgIpc) is 2.08. The lowest BCUT2D eigenvalue weighted by Crippen LogP contribution is -2.23. The minimum Gasteiger partial charge on any atom is -0.611 e. The number of halogens is 5. The van der Waals surface area contributed by atoms with Gasteiger partial charge in [-0.05, 0) is 17.2 Å². The van der Waals surface area contributed by atoms with E-state index in [0.717, 1.165) is 6.07 Å². The van der Waals surface area contributed by atoms with Gasteiger partial charge in [0, 0.05) is 6.07 Å². The van der Waals surface area contributed by atoms with Crippen molar-refractivity contribution in [2.45, 2.75) is 11.1 Å². The van der Waals surface area contributed by atoms with Crippen molar-refractivity contribution in [3.63, 3.8) is 0 Å². The number of nitrogens with two attached hydrogens (primary N) is 1. The van der Waals surface area contributed by atoms with E-state index in [0.29, 0.717) is 0 Å². The fraction of sp³-hybridized carbons (Fsp3) is 0.250. The zero-order valence-corrected chi connectivity index (χ0v) is 9.97. The number of hydrogen-bond acceptors (Lipinski definition) is 2. The summed E-state index contributed by atoms with van der Waals surface area (Å²) < 4.78 is 47.4. The fourth-order valence-electron chi connectivity index (χ4n) is 0.946. The first-order chi connectivity index (χ1) is 7.20. The Morgan fingerprint density at radius 2 is 1.81 bits per heavy atom. The van der Waals surface area contributed by atoms with Gasteiger partial charge in [0.15, 0.2) is 4.90 Å². The van der Waals surface area contributed by atoms with Crippen LogP contribution in [0.3, 0.4) is 0 Å². The van der Waals surface area contributed by atoms with Crippen LogP contribution in [0, 0.1) is 0 Å². The van der Waals surface area contributed by atoms with Crippen molar-refractivity contribution in [3.8, 4) is 0 Å². The van der Waals surface area contributed by atoms with Crippen LogP contribution in [0.25, 0.3) is 0 Å². The molecule has 90 valence electrons. The van der Waals surface area contributed by atoms with Gasteiger partial charge in [-0.25, -0.2) is 0 Å². The van der Waals surface area contributed by atoms with E-state index >= 15 is 0 Å². The molecule has 0 radical (unpaired) electrons. The van der Waals surface area contributed by atoms with E-state index in [1.54, 1.807) is 0 Å². The summed E-state index contributed by atoms with van der Waals surface area (Å²) in [6.45, 7) is 0. The first-order valence-corrected chi connectivity index (χ1v) is 5.98. The van der Waals surface area contributed by atoms with Crippen molar-refractivity contribution in [2.24, 2.45) is 0 Å². The van der Waals surface area contributed by atoms with Crippen molar-refractivity contribution in [1.29, 1.82) is 0 Å². The number of benzene rings is 1. The summed E-state index contributed by atoms with van der Waals surface area (Å²) in [5, 5.41) is 0.0135. The maximum atomic E-state index is 12.0. The molecule has 1 unspecified atom stereocenters. The van der Waals surface area contributed by atoms with E-state index < -0.39 is 23.1 Å². The maximum absolute atomic E-state index is 12.0. The second kappa shape index (κ2) is 4.91. The molecule has 0 spiro atoms. The van der Waals surface area contributed by atoms with E-state index in [1.165, 1.54) is 6.07 Å². The number of anilines is 1. The molecule has 0 aliphatic rings. The van der Waals surface area contributed by atoms with Crippen LogP contribution in [0.2, 0.25) is 10.0 Å². The summed E-state index contributed by atoms with van der Waals surface area (Å²) in [5.41, 5.74) is 5.42. The lowest BCUT2D eigenvalue weighted by atomic mass is 10.3. The Balaban J connectivity index is 3.00. The Morgan fingerprint density at radius 1 is 1.25 bits per heavy atom. The second-order valence-corrected chi connectivity index (χ2v) is 5.14. The van der Waals surface area contributed by atoms with Gasteiger partial charge in [-0.1, -0.05) is 23.2 Å². The molecule has 0 saturated heterocycles. The van der Waals surface area contributed by atoms with Gasteiger partial charge >= 0.3 is 6.18 Å². The van der Waals surface area contributed by atoms with Crippen molar-refractivity contribution in [3.05, 3.63) is 22.2 Å². The highest BCUT2D eigenvalue weighted by Gasteiger charge is 2.36. The van der Waals surface area contributed by atoms with Gasteiger partial charge in [0.25, 0.3) is 0 Å². The zero-order valence-electron chi connectivity index (χ0n) is 7.65. The number of rotatable bonds is 2. The van der Waals surface area contributed by atoms with Crippen LogP contribution in [-0.4, -0.2) is 16.5 Å². The molecule has 1 rings (SSSR count). The average molecular weight is 292 g/mol. The standard InChI is InChI=1S/C8H6Cl2F3NOS/c9-4-1-5(10)7(2-6(4)14)16(15)3-8(11,12)13/h1-2H,3,14H2. The van der Waals surface area contributed by atoms with Crippen LogP contribution in [0.4, 0.5) is 18.9 Å². The predicted molar refractivity (Wildman–Crippen MR) is 58.2 cm³/mol. The SMILES string of the molecule is Nc1cc([S+]([O-])CC(F)(F)F)c(Cl)cc1Cl. The van der Waals surface area contributed by atoms with Crippen LogP contribution in [-0.2, 0) is 11.2 Å². The third-order valence-corrected chi connectivity index (χ3v) is 3.76. The lowest BCUT2D eigenvalue weighted by molar-refractivity contribution is -0.106. The monoisotopic (exact) mass is 291 g/mol. The van der Waals surface area contributed by atoms with Crippen molar-refractivity contribution in [2.75, 3.05) is 11.5 Å². The molecule has 1 atom stereocenters. The topological polar surface area (TPSA) is 49.1 Å². The summed E-state index contributed by atoms with van der Waals surface area (Å²) in [6.07, 6.45) is -4.53. The summed E-state index contributed by atoms with van der Waals surface area (Å²) in [5.74, 6) is -1.46. The van der Waals surface area contributed by atoms with Crippen LogP contribution in [0.1, 0.15) is 0 Å². The number of hydrogen-bond donors (Lipinski definition) is 1. The molecule has 2 N–H and O–H groups in total. The molecule has 0 amide bonds. The third-order valence-electron chi connectivity index (χ3n) is 1.59. The molecule has 1 aromatic rings. The van der Waals surface area contributed by atoms with E-state index in [1.807, 2.05) is 0 Å². The van der Waals surface area contributed by atoms with Crippen molar-refractivity contribution >= 4 is 40.1 Å². The zero-order chi connectivity index (χ0) is 12.5. The molecule has 0 fully saturated rings. The molecule has 0 aromatic heterocycles.